The number of benzene rings is 1. The average molecular weight is 403 g/mol. The van der Waals surface area contributed by atoms with Gasteiger partial charge < -0.3 is 5.32 Å². The van der Waals surface area contributed by atoms with Crippen LogP contribution in [0.25, 0.3) is 0 Å². The molecule has 0 bridgehead atoms. The molecule has 0 radical (unpaired) electrons. The summed E-state index contributed by atoms with van der Waals surface area (Å²) < 4.78 is 2.28. The topological polar surface area (TPSA) is 12.0 Å². The van der Waals surface area contributed by atoms with Crippen molar-refractivity contribution in [3.63, 3.8) is 0 Å². The maximum Gasteiger partial charge on any atom is 0.0843 e. The molecule has 0 saturated heterocycles. The van der Waals surface area contributed by atoms with Crippen LogP contribution in [-0.4, -0.2) is 0 Å². The number of hydrogen-bond donors (Lipinski definition) is 1. The number of thiophene rings is 1. The summed E-state index contributed by atoms with van der Waals surface area (Å²) in [5.74, 6) is 0. The van der Waals surface area contributed by atoms with Crippen molar-refractivity contribution in [1.82, 2.24) is 0 Å². The number of nitrogens with one attached hydrogen (secondary N) is 1. The van der Waals surface area contributed by atoms with Crippen molar-refractivity contribution in [2.75, 3.05) is 5.32 Å². The third-order valence-electron chi connectivity index (χ3n) is 2.94. The summed E-state index contributed by atoms with van der Waals surface area (Å²) in [6.45, 7) is 3.09. The van der Waals surface area contributed by atoms with Crippen molar-refractivity contribution in [2.24, 2.45) is 0 Å². The van der Waals surface area contributed by atoms with Crippen molar-refractivity contribution in [3.8, 4) is 0 Å². The first kappa shape index (κ1) is 15.1. The molecule has 102 valence electrons. The van der Waals surface area contributed by atoms with Crippen LogP contribution in [0.3, 0.4) is 0 Å². The lowest BCUT2D eigenvalue weighted by atomic mass is 10.1. The number of halogens is 2. The van der Waals surface area contributed by atoms with Gasteiger partial charge in [-0.1, -0.05) is 25.5 Å². The summed E-state index contributed by atoms with van der Waals surface area (Å²) in [6.07, 6.45) is 3.70. The fourth-order valence-electron chi connectivity index (χ4n) is 1.84. The first-order valence-corrected chi connectivity index (χ1v) is 8.86. The Bertz CT molecular complexity index is 500. The monoisotopic (exact) mass is 401 g/mol. The number of rotatable bonds is 6. The smallest absolute Gasteiger partial charge is 0.0843 e. The second-order valence-electron chi connectivity index (χ2n) is 4.49. The van der Waals surface area contributed by atoms with E-state index in [9.17, 15) is 0 Å². The van der Waals surface area contributed by atoms with Gasteiger partial charge in [0.25, 0.3) is 0 Å². The molecule has 0 amide bonds. The fourth-order valence-corrected chi connectivity index (χ4v) is 3.95. The minimum atomic E-state index is 0.864. The van der Waals surface area contributed by atoms with Crippen LogP contribution in [0.4, 0.5) is 5.69 Å². The molecule has 4 heteroatoms. The summed E-state index contributed by atoms with van der Waals surface area (Å²) in [4.78, 5) is 1.31. The van der Waals surface area contributed by atoms with E-state index < -0.39 is 0 Å². The molecule has 0 aliphatic carbocycles. The van der Waals surface area contributed by atoms with E-state index in [-0.39, 0.29) is 0 Å². The van der Waals surface area contributed by atoms with Gasteiger partial charge in [-0.15, -0.1) is 11.3 Å². The highest BCUT2D eigenvalue weighted by atomic mass is 79.9. The van der Waals surface area contributed by atoms with Gasteiger partial charge in [0, 0.05) is 21.6 Å². The van der Waals surface area contributed by atoms with E-state index in [0.29, 0.717) is 0 Å². The second-order valence-corrected chi connectivity index (χ2v) is 7.80. The molecule has 1 aromatic heterocycles. The minimum absolute atomic E-state index is 0.864. The van der Waals surface area contributed by atoms with E-state index in [1.165, 1.54) is 35.4 Å². The highest BCUT2D eigenvalue weighted by Gasteiger charge is 2.03. The van der Waals surface area contributed by atoms with Crippen molar-refractivity contribution >= 4 is 48.9 Å². The third-order valence-corrected chi connectivity index (χ3v) is 6.19. The molecule has 0 saturated carbocycles. The molecule has 2 aromatic rings. The summed E-state index contributed by atoms with van der Waals surface area (Å²) in [5.41, 5.74) is 2.61. The molecule has 1 aromatic carbocycles. The summed E-state index contributed by atoms with van der Waals surface area (Å²) >= 11 is 8.79. The predicted octanol–water partition coefficient (Wildman–Crippen LogP) is 6.23. The van der Waals surface area contributed by atoms with E-state index in [1.54, 1.807) is 11.3 Å². The second kappa shape index (κ2) is 7.46. The van der Waals surface area contributed by atoms with Gasteiger partial charge in [0.05, 0.1) is 3.79 Å². The van der Waals surface area contributed by atoms with Crippen LogP contribution in [-0.2, 0) is 13.0 Å². The van der Waals surface area contributed by atoms with E-state index in [1.807, 2.05) is 0 Å². The van der Waals surface area contributed by atoms with Crippen LogP contribution in [0.1, 0.15) is 30.2 Å². The predicted molar refractivity (Wildman–Crippen MR) is 92.1 cm³/mol. The lowest BCUT2D eigenvalue weighted by molar-refractivity contribution is 0.795. The zero-order valence-corrected chi connectivity index (χ0v) is 14.9. The first-order valence-electron chi connectivity index (χ1n) is 6.45. The molecule has 0 aliphatic rings. The normalized spacial score (nSPS) is 10.7. The molecule has 19 heavy (non-hydrogen) atoms. The van der Waals surface area contributed by atoms with Gasteiger partial charge >= 0.3 is 0 Å². The van der Waals surface area contributed by atoms with E-state index in [0.717, 1.165) is 14.8 Å². The maximum absolute atomic E-state index is 3.52. The summed E-state index contributed by atoms with van der Waals surface area (Å²) in [7, 11) is 0. The highest BCUT2D eigenvalue weighted by molar-refractivity contribution is 9.13. The zero-order chi connectivity index (χ0) is 13.7. The molecule has 1 N–H and O–H groups in total. The summed E-state index contributed by atoms with van der Waals surface area (Å²) in [5, 5.41) is 3.45. The van der Waals surface area contributed by atoms with Crippen LogP contribution in [0.5, 0.6) is 0 Å². The number of aryl methyl sites for hydroxylation is 1. The number of anilines is 1. The molecule has 0 unspecified atom stereocenters. The van der Waals surface area contributed by atoms with Crippen molar-refractivity contribution in [2.45, 2.75) is 32.7 Å². The Labute approximate surface area is 135 Å². The molecule has 0 spiro atoms. The summed E-state index contributed by atoms with van der Waals surface area (Å²) in [6, 6.07) is 10.9. The Kier molecular flexibility index (Phi) is 5.92. The van der Waals surface area contributed by atoms with Crippen LogP contribution in [0.2, 0.25) is 0 Å². The SMILES string of the molecule is CCCCc1ccc(NCc2cc(Br)c(Br)s2)cc1. The molecule has 0 aliphatic heterocycles. The first-order chi connectivity index (χ1) is 9.19. The largest absolute Gasteiger partial charge is 0.380 e. The lowest BCUT2D eigenvalue weighted by Crippen LogP contribution is -1.97. The Morgan fingerprint density at radius 3 is 2.47 bits per heavy atom. The maximum atomic E-state index is 3.52. The van der Waals surface area contributed by atoms with Gasteiger partial charge in [0.1, 0.15) is 0 Å². The van der Waals surface area contributed by atoms with Crippen LogP contribution in [0.15, 0.2) is 38.6 Å². The molecule has 0 fully saturated rings. The third kappa shape index (κ3) is 4.62. The average Bonchev–Trinajstić information content (AvgIpc) is 2.74. The molecular weight excluding hydrogens is 386 g/mol. The van der Waals surface area contributed by atoms with Crippen LogP contribution >= 0.6 is 43.2 Å². The molecular formula is C15H17Br2NS. The van der Waals surface area contributed by atoms with Crippen LogP contribution in [0, 0.1) is 0 Å². The van der Waals surface area contributed by atoms with E-state index >= 15 is 0 Å². The Morgan fingerprint density at radius 2 is 1.89 bits per heavy atom. The highest BCUT2D eigenvalue weighted by Crippen LogP contribution is 2.32. The van der Waals surface area contributed by atoms with Crippen LogP contribution < -0.4 is 5.32 Å². The fraction of sp³-hybridized carbons (Fsp3) is 0.333. The molecule has 0 atom stereocenters. The Hall–Kier alpha value is -0.320. The van der Waals surface area contributed by atoms with Crippen molar-refractivity contribution < 1.29 is 0 Å². The zero-order valence-electron chi connectivity index (χ0n) is 10.9. The quantitative estimate of drug-likeness (QED) is 0.603. The van der Waals surface area contributed by atoms with E-state index in [2.05, 4.69) is 74.4 Å². The van der Waals surface area contributed by atoms with Crippen molar-refractivity contribution in [1.29, 1.82) is 0 Å². The van der Waals surface area contributed by atoms with Gasteiger partial charge in [0.15, 0.2) is 0 Å². The standard InChI is InChI=1S/C15H17Br2NS/c1-2-3-4-11-5-7-12(8-6-11)18-10-13-9-14(16)15(17)19-13/h5-9,18H,2-4,10H2,1H3. The van der Waals surface area contributed by atoms with Gasteiger partial charge in [0.2, 0.25) is 0 Å². The minimum Gasteiger partial charge on any atom is -0.380 e. The number of hydrogen-bond acceptors (Lipinski definition) is 2. The molecule has 2 rings (SSSR count). The van der Waals surface area contributed by atoms with E-state index in [4.69, 9.17) is 0 Å². The molecule has 1 nitrogen and oxygen atoms in total. The van der Waals surface area contributed by atoms with Crippen molar-refractivity contribution in [3.05, 3.63) is 49.0 Å². The van der Waals surface area contributed by atoms with Gasteiger partial charge in [-0.3, -0.25) is 0 Å². The van der Waals surface area contributed by atoms with Gasteiger partial charge in [-0.05, 0) is 68.5 Å². The van der Waals surface area contributed by atoms with Gasteiger partial charge in [-0.2, -0.15) is 0 Å². The van der Waals surface area contributed by atoms with Gasteiger partial charge in [-0.25, -0.2) is 0 Å². The molecule has 1 heterocycles. The number of unbranched alkanes of at least 4 members (excludes halogenated alkanes) is 1. The Balaban J connectivity index is 1.89. The Morgan fingerprint density at radius 1 is 1.16 bits per heavy atom. The lowest BCUT2D eigenvalue weighted by Gasteiger charge is -2.06.